The first-order valence-corrected chi connectivity index (χ1v) is 6.92. The average Bonchev–Trinajstić information content (AvgIpc) is 2.48. The molecule has 0 fully saturated rings. The zero-order valence-electron chi connectivity index (χ0n) is 11.8. The van der Waals surface area contributed by atoms with E-state index in [2.05, 4.69) is 5.32 Å². The van der Waals surface area contributed by atoms with Gasteiger partial charge in [0, 0.05) is 16.8 Å². The van der Waals surface area contributed by atoms with E-state index in [1.807, 2.05) is 19.1 Å². The Bertz CT molecular complexity index is 719. The molecule has 0 aliphatic carbocycles. The van der Waals surface area contributed by atoms with Crippen molar-refractivity contribution >= 4 is 34.7 Å². The van der Waals surface area contributed by atoms with Gasteiger partial charge in [-0.1, -0.05) is 23.7 Å². The maximum absolute atomic E-state index is 12.0. The van der Waals surface area contributed by atoms with E-state index in [-0.39, 0.29) is 11.5 Å². The summed E-state index contributed by atoms with van der Waals surface area (Å²) in [6.45, 7) is 1.83. The second-order valence-electron chi connectivity index (χ2n) is 4.71. The Morgan fingerprint density at radius 3 is 2.09 bits per heavy atom. The lowest BCUT2D eigenvalue weighted by atomic mass is 10.1. The van der Waals surface area contributed by atoms with Crippen LogP contribution >= 0.6 is 11.6 Å². The number of amides is 1. The van der Waals surface area contributed by atoms with Crippen LogP contribution in [-0.4, -0.2) is 17.0 Å². The van der Waals surface area contributed by atoms with Crippen molar-refractivity contribution in [2.75, 3.05) is 5.32 Å². The highest BCUT2D eigenvalue weighted by Crippen LogP contribution is 2.17. The standard InChI is InChI=1S/C17H14ClNO3/c1-11(12-2-6-14(18)7-3-12)10-16(20)19-15-8-4-13(5-9-15)17(21)22/h2-10H,1H3,(H,19,20)(H,21,22). The van der Waals surface area contributed by atoms with Gasteiger partial charge in [0.25, 0.3) is 0 Å². The van der Waals surface area contributed by atoms with Crippen LogP contribution < -0.4 is 5.32 Å². The van der Waals surface area contributed by atoms with Crippen LogP contribution in [0.15, 0.2) is 54.6 Å². The molecule has 112 valence electrons. The molecule has 0 aromatic heterocycles. The molecule has 5 heteroatoms. The van der Waals surface area contributed by atoms with Crippen molar-refractivity contribution in [1.29, 1.82) is 0 Å². The molecule has 0 saturated carbocycles. The summed E-state index contributed by atoms with van der Waals surface area (Å²) < 4.78 is 0. The molecule has 2 aromatic carbocycles. The van der Waals surface area contributed by atoms with Gasteiger partial charge in [0.2, 0.25) is 5.91 Å². The van der Waals surface area contributed by atoms with Crippen molar-refractivity contribution in [2.45, 2.75) is 6.92 Å². The molecule has 0 radical (unpaired) electrons. The van der Waals surface area contributed by atoms with Gasteiger partial charge in [-0.15, -0.1) is 0 Å². The van der Waals surface area contributed by atoms with Crippen LogP contribution in [0.1, 0.15) is 22.8 Å². The molecule has 0 aliphatic heterocycles. The summed E-state index contributed by atoms with van der Waals surface area (Å²) >= 11 is 5.82. The Balaban J connectivity index is 2.06. The van der Waals surface area contributed by atoms with Gasteiger partial charge in [0.1, 0.15) is 0 Å². The minimum absolute atomic E-state index is 0.172. The zero-order chi connectivity index (χ0) is 16.1. The first-order valence-electron chi connectivity index (χ1n) is 6.54. The summed E-state index contributed by atoms with van der Waals surface area (Å²) in [5, 5.41) is 12.1. The predicted octanol–water partition coefficient (Wildman–Crippen LogP) is 4.08. The Morgan fingerprint density at radius 1 is 1.00 bits per heavy atom. The van der Waals surface area contributed by atoms with E-state index in [0.29, 0.717) is 10.7 Å². The second-order valence-corrected chi connectivity index (χ2v) is 5.14. The number of benzene rings is 2. The molecule has 0 saturated heterocycles. The van der Waals surface area contributed by atoms with Gasteiger partial charge in [-0.25, -0.2) is 4.79 Å². The third-order valence-electron chi connectivity index (χ3n) is 3.05. The predicted molar refractivity (Wildman–Crippen MR) is 87.1 cm³/mol. The number of hydrogen-bond donors (Lipinski definition) is 2. The topological polar surface area (TPSA) is 66.4 Å². The van der Waals surface area contributed by atoms with Crippen molar-refractivity contribution in [1.82, 2.24) is 0 Å². The number of nitrogens with one attached hydrogen (secondary N) is 1. The number of anilines is 1. The van der Waals surface area contributed by atoms with E-state index in [4.69, 9.17) is 16.7 Å². The monoisotopic (exact) mass is 315 g/mol. The van der Waals surface area contributed by atoms with Gasteiger partial charge < -0.3 is 10.4 Å². The molecule has 0 bridgehead atoms. The summed E-state index contributed by atoms with van der Waals surface area (Å²) in [4.78, 5) is 22.7. The van der Waals surface area contributed by atoms with Crippen molar-refractivity contribution < 1.29 is 14.7 Å². The number of rotatable bonds is 4. The molecule has 0 heterocycles. The van der Waals surface area contributed by atoms with Crippen molar-refractivity contribution in [3.8, 4) is 0 Å². The fourth-order valence-electron chi connectivity index (χ4n) is 1.87. The zero-order valence-corrected chi connectivity index (χ0v) is 12.6. The van der Waals surface area contributed by atoms with E-state index in [9.17, 15) is 9.59 Å². The SMILES string of the molecule is CC(=CC(=O)Nc1ccc(C(=O)O)cc1)c1ccc(Cl)cc1. The number of hydrogen-bond acceptors (Lipinski definition) is 2. The number of carboxylic acids is 1. The molecule has 4 nitrogen and oxygen atoms in total. The number of carbonyl (C=O) groups excluding carboxylic acids is 1. The number of carboxylic acid groups (broad SMARTS) is 1. The normalized spacial score (nSPS) is 11.1. The van der Waals surface area contributed by atoms with Gasteiger partial charge in [0.15, 0.2) is 0 Å². The summed E-state index contributed by atoms with van der Waals surface area (Å²) in [5.74, 6) is -1.29. The van der Waals surface area contributed by atoms with Gasteiger partial charge >= 0.3 is 5.97 Å². The van der Waals surface area contributed by atoms with Gasteiger partial charge in [-0.05, 0) is 54.5 Å². The molecule has 0 atom stereocenters. The highest BCUT2D eigenvalue weighted by molar-refractivity contribution is 6.30. The second kappa shape index (κ2) is 6.91. The fourth-order valence-corrected chi connectivity index (χ4v) is 1.99. The Hall–Kier alpha value is -2.59. The first kappa shape index (κ1) is 15.8. The smallest absolute Gasteiger partial charge is 0.335 e. The van der Waals surface area contributed by atoms with E-state index in [1.54, 1.807) is 24.3 Å². The molecular weight excluding hydrogens is 302 g/mol. The number of halogens is 1. The largest absolute Gasteiger partial charge is 0.478 e. The lowest BCUT2D eigenvalue weighted by Gasteiger charge is -2.05. The first-order chi connectivity index (χ1) is 10.5. The lowest BCUT2D eigenvalue weighted by molar-refractivity contribution is -0.111. The maximum Gasteiger partial charge on any atom is 0.335 e. The third kappa shape index (κ3) is 4.20. The molecule has 22 heavy (non-hydrogen) atoms. The molecule has 0 spiro atoms. The summed E-state index contributed by atoms with van der Waals surface area (Å²) in [6.07, 6.45) is 1.48. The Morgan fingerprint density at radius 2 is 1.55 bits per heavy atom. The van der Waals surface area contributed by atoms with E-state index in [0.717, 1.165) is 11.1 Å². The molecule has 0 aliphatic rings. The maximum atomic E-state index is 12.0. The van der Waals surface area contributed by atoms with Crippen LogP contribution in [0, 0.1) is 0 Å². The van der Waals surface area contributed by atoms with Gasteiger partial charge in [-0.3, -0.25) is 4.79 Å². The minimum Gasteiger partial charge on any atom is -0.478 e. The van der Waals surface area contributed by atoms with Crippen LogP contribution in [0.25, 0.3) is 5.57 Å². The summed E-state index contributed by atoms with van der Waals surface area (Å²) in [5.41, 5.74) is 2.41. The van der Waals surface area contributed by atoms with Crippen LogP contribution in [0.3, 0.4) is 0 Å². The van der Waals surface area contributed by atoms with Crippen molar-refractivity contribution in [3.05, 3.63) is 70.8 Å². The summed E-state index contributed by atoms with van der Waals surface area (Å²) in [7, 11) is 0. The van der Waals surface area contributed by atoms with E-state index < -0.39 is 5.97 Å². The lowest BCUT2D eigenvalue weighted by Crippen LogP contribution is -2.08. The highest BCUT2D eigenvalue weighted by Gasteiger charge is 2.04. The number of allylic oxidation sites excluding steroid dienone is 1. The summed E-state index contributed by atoms with van der Waals surface area (Å²) in [6, 6.07) is 13.2. The molecule has 0 unspecified atom stereocenters. The number of aromatic carboxylic acids is 1. The average molecular weight is 316 g/mol. The Labute approximate surface area is 133 Å². The van der Waals surface area contributed by atoms with E-state index in [1.165, 1.54) is 18.2 Å². The van der Waals surface area contributed by atoms with Gasteiger partial charge in [0.05, 0.1) is 5.56 Å². The molecular formula is C17H14ClNO3. The Kier molecular flexibility index (Phi) is 4.96. The highest BCUT2D eigenvalue weighted by atomic mass is 35.5. The third-order valence-corrected chi connectivity index (χ3v) is 3.30. The fraction of sp³-hybridized carbons (Fsp3) is 0.0588. The molecule has 2 aromatic rings. The van der Waals surface area contributed by atoms with Crippen LogP contribution in [0.2, 0.25) is 5.02 Å². The minimum atomic E-state index is -1.00. The quantitative estimate of drug-likeness (QED) is 0.835. The molecule has 2 rings (SSSR count). The molecule has 2 N–H and O–H groups in total. The van der Waals surface area contributed by atoms with Crippen LogP contribution in [0.4, 0.5) is 5.69 Å². The van der Waals surface area contributed by atoms with Crippen LogP contribution in [-0.2, 0) is 4.79 Å². The molecule has 1 amide bonds. The van der Waals surface area contributed by atoms with Crippen LogP contribution in [0.5, 0.6) is 0 Å². The van der Waals surface area contributed by atoms with E-state index >= 15 is 0 Å². The number of carbonyl (C=O) groups is 2. The van der Waals surface area contributed by atoms with Crippen molar-refractivity contribution in [2.24, 2.45) is 0 Å². The van der Waals surface area contributed by atoms with Gasteiger partial charge in [-0.2, -0.15) is 0 Å². The van der Waals surface area contributed by atoms with Crippen molar-refractivity contribution in [3.63, 3.8) is 0 Å².